The molecule has 0 saturated heterocycles. The third-order valence-electron chi connectivity index (χ3n) is 11.0. The molecule has 50 heavy (non-hydrogen) atoms. The van der Waals surface area contributed by atoms with Crippen molar-refractivity contribution >= 4 is 63.3 Å². The Hall–Kier alpha value is -6.00. The molecule has 0 atom stereocenters. The molecule has 0 amide bonds. The lowest BCUT2D eigenvalue weighted by atomic mass is 9.42. The fourth-order valence-electron chi connectivity index (χ4n) is 8.85. The van der Waals surface area contributed by atoms with Crippen LogP contribution in [0, 0.1) is 6.92 Å². The Kier molecular flexibility index (Phi) is 6.23. The third kappa shape index (κ3) is 4.05. The van der Waals surface area contributed by atoms with E-state index in [-0.39, 0.29) is 12.3 Å². The van der Waals surface area contributed by atoms with E-state index in [1.165, 1.54) is 67.2 Å². The van der Waals surface area contributed by atoms with Gasteiger partial charge in [0.25, 0.3) is 0 Å². The topological polar surface area (TPSA) is 9.72 Å². The molecular weight excluding hydrogens is 605 g/mol. The van der Waals surface area contributed by atoms with Gasteiger partial charge in [-0.05, 0) is 107 Å². The fourth-order valence-corrected chi connectivity index (χ4v) is 8.85. The van der Waals surface area contributed by atoms with Crippen molar-refractivity contribution in [1.29, 1.82) is 0 Å². The van der Waals surface area contributed by atoms with Crippen LogP contribution in [0.15, 0.2) is 164 Å². The van der Waals surface area contributed by atoms with E-state index in [1.54, 1.807) is 0 Å². The van der Waals surface area contributed by atoms with Crippen molar-refractivity contribution in [2.75, 3.05) is 14.6 Å². The van der Waals surface area contributed by atoms with Gasteiger partial charge in [0.2, 0.25) is 0 Å². The normalized spacial score (nSPS) is 14.3. The summed E-state index contributed by atoms with van der Waals surface area (Å²) in [6.45, 7) is 7.02. The Bertz CT molecular complexity index is 2400. The van der Waals surface area contributed by atoms with E-state index in [0.717, 1.165) is 17.1 Å². The van der Waals surface area contributed by atoms with Gasteiger partial charge in [-0.1, -0.05) is 111 Å². The van der Waals surface area contributed by atoms with Crippen LogP contribution in [-0.2, 0) is 5.41 Å². The number of benzene rings is 7. The zero-order valence-electron chi connectivity index (χ0n) is 28.5. The first-order chi connectivity index (χ1) is 24.5. The number of hydrogen-bond donors (Lipinski definition) is 0. The Morgan fingerprint density at radius 1 is 0.520 bits per heavy atom. The standard InChI is InChI=1S/C46H36BN3/c1-31-28-37-36-30-35(48(32-16-7-4-8-17-32)33-18-9-5-10-19-33)26-27-41(36)50(34-20-11-6-12-21-34)47-40-24-15-23-39-45(40)49(43(29-31)44(37)47)42-25-14-13-22-38(42)46(39,2)3/h4-30H,1-3H3. The molecule has 3 aliphatic heterocycles. The molecule has 4 heteroatoms. The Morgan fingerprint density at radius 3 is 1.88 bits per heavy atom. The van der Waals surface area contributed by atoms with Gasteiger partial charge in [0.05, 0.1) is 5.69 Å². The summed E-state index contributed by atoms with van der Waals surface area (Å²) < 4.78 is 0. The first-order valence-electron chi connectivity index (χ1n) is 17.6. The van der Waals surface area contributed by atoms with Crippen molar-refractivity contribution in [1.82, 2.24) is 0 Å². The highest BCUT2D eigenvalue weighted by Gasteiger charge is 2.49. The van der Waals surface area contributed by atoms with Crippen molar-refractivity contribution < 1.29 is 0 Å². The van der Waals surface area contributed by atoms with Crippen LogP contribution in [0.2, 0.25) is 0 Å². The number of fused-ring (bicyclic) bond motifs is 6. The molecule has 0 fully saturated rings. The van der Waals surface area contributed by atoms with E-state index < -0.39 is 0 Å². The minimum Gasteiger partial charge on any atom is -0.376 e. The zero-order valence-corrected chi connectivity index (χ0v) is 28.5. The lowest BCUT2D eigenvalue weighted by Crippen LogP contribution is -2.62. The molecule has 3 aliphatic rings. The Morgan fingerprint density at radius 2 is 1.16 bits per heavy atom. The van der Waals surface area contributed by atoms with Crippen molar-refractivity contribution in [2.45, 2.75) is 26.2 Å². The number of rotatable bonds is 4. The van der Waals surface area contributed by atoms with Gasteiger partial charge >= 0.3 is 6.85 Å². The molecule has 0 spiro atoms. The molecular formula is C46H36BN3. The van der Waals surface area contributed by atoms with E-state index in [1.807, 2.05) is 0 Å². The highest BCUT2D eigenvalue weighted by atomic mass is 15.2. The number of para-hydroxylation sites is 5. The third-order valence-corrected chi connectivity index (χ3v) is 11.0. The average molecular weight is 642 g/mol. The molecule has 238 valence electrons. The Labute approximate surface area is 294 Å². The van der Waals surface area contributed by atoms with Gasteiger partial charge in [0, 0.05) is 50.8 Å². The van der Waals surface area contributed by atoms with E-state index in [9.17, 15) is 0 Å². The van der Waals surface area contributed by atoms with E-state index in [4.69, 9.17) is 0 Å². The largest absolute Gasteiger partial charge is 0.376 e. The summed E-state index contributed by atoms with van der Waals surface area (Å²) in [7, 11) is 0. The monoisotopic (exact) mass is 641 g/mol. The van der Waals surface area contributed by atoms with Gasteiger partial charge in [-0.2, -0.15) is 0 Å². The Balaban J connectivity index is 1.29. The van der Waals surface area contributed by atoms with Crippen LogP contribution >= 0.6 is 0 Å². The lowest BCUT2D eigenvalue weighted by molar-refractivity contribution is 0.632. The summed E-state index contributed by atoms with van der Waals surface area (Å²) in [5.41, 5.74) is 18.8. The first kappa shape index (κ1) is 29.0. The molecule has 10 rings (SSSR count). The van der Waals surface area contributed by atoms with Crippen LogP contribution in [0.3, 0.4) is 0 Å². The number of hydrogen-bond acceptors (Lipinski definition) is 3. The summed E-state index contributed by atoms with van der Waals surface area (Å²) in [5.74, 6) is 0. The maximum Gasteiger partial charge on any atom is 0.333 e. The van der Waals surface area contributed by atoms with E-state index >= 15 is 0 Å². The molecule has 0 bridgehead atoms. The van der Waals surface area contributed by atoms with Gasteiger partial charge < -0.3 is 14.6 Å². The molecule has 0 aliphatic carbocycles. The molecule has 0 saturated carbocycles. The zero-order chi connectivity index (χ0) is 33.6. The summed E-state index contributed by atoms with van der Waals surface area (Å²) in [6, 6.07) is 60.3. The molecule has 0 unspecified atom stereocenters. The second-order valence-electron chi connectivity index (χ2n) is 14.3. The number of anilines is 8. The van der Waals surface area contributed by atoms with Crippen molar-refractivity contribution in [3.63, 3.8) is 0 Å². The predicted octanol–water partition coefficient (Wildman–Crippen LogP) is 10.8. The SMILES string of the molecule is Cc1cc2c3c(c1)N1c4ccccc4C(C)(C)c4cccc(c41)B3N(c1ccccc1)c1ccc(N(c3ccccc3)c3ccccc3)cc1-2. The minimum atomic E-state index is -0.139. The quantitative estimate of drug-likeness (QED) is 0.177. The second-order valence-corrected chi connectivity index (χ2v) is 14.3. The fraction of sp³-hybridized carbons (Fsp3) is 0.0870. The van der Waals surface area contributed by atoms with Gasteiger partial charge in [-0.15, -0.1) is 0 Å². The molecule has 3 nitrogen and oxygen atoms in total. The average Bonchev–Trinajstić information content (AvgIpc) is 3.15. The smallest absolute Gasteiger partial charge is 0.333 e. The molecule has 0 N–H and O–H groups in total. The molecule has 3 heterocycles. The molecule has 7 aromatic rings. The summed E-state index contributed by atoms with van der Waals surface area (Å²) in [6.07, 6.45) is 0. The van der Waals surface area contributed by atoms with Crippen molar-refractivity contribution in [2.24, 2.45) is 0 Å². The van der Waals surface area contributed by atoms with Crippen LogP contribution in [0.5, 0.6) is 0 Å². The van der Waals surface area contributed by atoms with Crippen molar-refractivity contribution in [3.05, 3.63) is 180 Å². The molecule has 0 radical (unpaired) electrons. The van der Waals surface area contributed by atoms with Gasteiger partial charge in [-0.25, -0.2) is 0 Å². The van der Waals surface area contributed by atoms with Gasteiger partial charge in [-0.3, -0.25) is 0 Å². The first-order valence-corrected chi connectivity index (χ1v) is 17.6. The van der Waals surface area contributed by atoms with Crippen LogP contribution in [0.25, 0.3) is 11.1 Å². The van der Waals surface area contributed by atoms with Crippen LogP contribution in [0.1, 0.15) is 30.5 Å². The van der Waals surface area contributed by atoms with Crippen molar-refractivity contribution in [3.8, 4) is 11.1 Å². The van der Waals surface area contributed by atoms with Crippen LogP contribution in [0.4, 0.5) is 45.5 Å². The number of nitrogens with zero attached hydrogens (tertiary/aromatic N) is 3. The summed E-state index contributed by atoms with van der Waals surface area (Å²) in [5, 5.41) is 0. The highest BCUT2D eigenvalue weighted by Crippen LogP contribution is 2.55. The van der Waals surface area contributed by atoms with Crippen LogP contribution < -0.4 is 25.5 Å². The second kappa shape index (κ2) is 10.8. The number of aryl methyl sites for hydroxylation is 1. The molecule has 7 aromatic carbocycles. The van der Waals surface area contributed by atoms with Gasteiger partial charge in [0.1, 0.15) is 0 Å². The van der Waals surface area contributed by atoms with E-state index in [2.05, 4.69) is 199 Å². The maximum absolute atomic E-state index is 2.59. The van der Waals surface area contributed by atoms with E-state index in [0.29, 0.717) is 0 Å². The predicted molar refractivity (Wildman–Crippen MR) is 212 cm³/mol. The lowest BCUT2D eigenvalue weighted by Gasteiger charge is -2.50. The minimum absolute atomic E-state index is 0.00737. The molecule has 0 aromatic heterocycles. The summed E-state index contributed by atoms with van der Waals surface area (Å²) in [4.78, 5) is 7.54. The highest BCUT2D eigenvalue weighted by molar-refractivity contribution is 6.93. The van der Waals surface area contributed by atoms with Gasteiger partial charge in [0.15, 0.2) is 0 Å². The summed E-state index contributed by atoms with van der Waals surface area (Å²) >= 11 is 0. The van der Waals surface area contributed by atoms with Crippen LogP contribution in [-0.4, -0.2) is 6.85 Å². The maximum atomic E-state index is 2.59.